The first-order chi connectivity index (χ1) is 9.27. The Labute approximate surface area is 110 Å². The van der Waals surface area contributed by atoms with Gasteiger partial charge in [0.05, 0.1) is 12.1 Å². The third-order valence-electron chi connectivity index (χ3n) is 2.41. The molecule has 2 aromatic rings. The molecule has 0 aliphatic rings. The Morgan fingerprint density at radius 2 is 2.11 bits per heavy atom. The Morgan fingerprint density at radius 3 is 2.84 bits per heavy atom. The third-order valence-corrected chi connectivity index (χ3v) is 2.41. The summed E-state index contributed by atoms with van der Waals surface area (Å²) < 4.78 is 18.4. The van der Waals surface area contributed by atoms with Crippen LogP contribution >= 0.6 is 0 Å². The molecule has 1 N–H and O–H groups in total. The predicted octanol–water partition coefficient (Wildman–Crippen LogP) is 2.03. The van der Waals surface area contributed by atoms with E-state index in [1.54, 1.807) is 30.5 Å². The van der Waals surface area contributed by atoms with E-state index in [9.17, 15) is 9.18 Å². The lowest BCUT2D eigenvalue weighted by atomic mass is 10.3. The number of pyridine rings is 1. The first-order valence-electron chi connectivity index (χ1n) is 5.83. The molecule has 0 saturated carbocycles. The van der Waals surface area contributed by atoms with Crippen LogP contribution in [0.1, 0.15) is 10.4 Å². The zero-order chi connectivity index (χ0) is 13.5. The van der Waals surface area contributed by atoms with Crippen LogP contribution < -0.4 is 10.1 Å². The zero-order valence-corrected chi connectivity index (χ0v) is 10.2. The molecule has 0 saturated heterocycles. The van der Waals surface area contributed by atoms with E-state index in [0.29, 0.717) is 12.1 Å². The Balaban J connectivity index is 1.76. The quantitative estimate of drug-likeness (QED) is 0.837. The predicted molar refractivity (Wildman–Crippen MR) is 68.5 cm³/mol. The molecule has 0 aliphatic carbocycles. The molecular weight excluding hydrogens is 247 g/mol. The molecular formula is C14H13FN2O2. The van der Waals surface area contributed by atoms with Crippen molar-refractivity contribution in [1.82, 2.24) is 10.3 Å². The molecule has 2 rings (SSSR count). The summed E-state index contributed by atoms with van der Waals surface area (Å²) >= 11 is 0. The molecule has 0 atom stereocenters. The lowest BCUT2D eigenvalue weighted by Crippen LogP contribution is -2.28. The van der Waals surface area contributed by atoms with Gasteiger partial charge in [0.15, 0.2) is 11.6 Å². The fourth-order valence-electron chi connectivity index (χ4n) is 1.49. The van der Waals surface area contributed by atoms with Crippen molar-refractivity contribution in [1.29, 1.82) is 0 Å². The van der Waals surface area contributed by atoms with Crippen LogP contribution in [0.4, 0.5) is 4.39 Å². The highest BCUT2D eigenvalue weighted by atomic mass is 19.1. The van der Waals surface area contributed by atoms with Gasteiger partial charge in [0, 0.05) is 12.4 Å². The van der Waals surface area contributed by atoms with Crippen LogP contribution in [0.25, 0.3) is 0 Å². The smallest absolute Gasteiger partial charge is 0.252 e. The van der Waals surface area contributed by atoms with Crippen molar-refractivity contribution in [2.75, 3.05) is 13.2 Å². The maximum atomic E-state index is 13.2. The maximum absolute atomic E-state index is 13.2. The van der Waals surface area contributed by atoms with Gasteiger partial charge in [-0.15, -0.1) is 0 Å². The number of amides is 1. The number of carbonyl (C=O) groups excluding carboxylic acids is 1. The number of carbonyl (C=O) groups is 1. The van der Waals surface area contributed by atoms with Crippen LogP contribution in [-0.4, -0.2) is 24.0 Å². The van der Waals surface area contributed by atoms with Gasteiger partial charge in [-0.3, -0.25) is 9.78 Å². The number of hydrogen-bond acceptors (Lipinski definition) is 3. The highest BCUT2D eigenvalue weighted by molar-refractivity contribution is 5.93. The van der Waals surface area contributed by atoms with E-state index in [0.717, 1.165) is 0 Å². The molecule has 0 spiro atoms. The molecule has 0 unspecified atom stereocenters. The standard InChI is InChI=1S/C14H13FN2O2/c15-12-5-1-2-6-13(12)19-9-8-17-14(18)11-4-3-7-16-10-11/h1-7,10H,8-9H2,(H,17,18). The molecule has 1 aromatic carbocycles. The van der Waals surface area contributed by atoms with Crippen molar-refractivity contribution in [3.05, 3.63) is 60.2 Å². The number of nitrogens with zero attached hydrogens (tertiary/aromatic N) is 1. The maximum Gasteiger partial charge on any atom is 0.252 e. The number of aromatic nitrogens is 1. The Bertz CT molecular complexity index is 546. The summed E-state index contributed by atoms with van der Waals surface area (Å²) in [7, 11) is 0. The first kappa shape index (κ1) is 13.0. The monoisotopic (exact) mass is 260 g/mol. The van der Waals surface area contributed by atoms with Gasteiger partial charge in [-0.2, -0.15) is 0 Å². The fourth-order valence-corrected chi connectivity index (χ4v) is 1.49. The summed E-state index contributed by atoms with van der Waals surface area (Å²) in [5.41, 5.74) is 0.480. The molecule has 1 heterocycles. The summed E-state index contributed by atoms with van der Waals surface area (Å²) in [6, 6.07) is 9.49. The molecule has 0 bridgehead atoms. The average Bonchev–Trinajstić information content (AvgIpc) is 2.46. The van der Waals surface area contributed by atoms with E-state index in [2.05, 4.69) is 10.3 Å². The number of benzene rings is 1. The Kier molecular flexibility index (Phi) is 4.44. The first-order valence-corrected chi connectivity index (χ1v) is 5.83. The summed E-state index contributed by atoms with van der Waals surface area (Å²) in [5, 5.41) is 2.66. The molecule has 0 fully saturated rings. The lowest BCUT2D eigenvalue weighted by Gasteiger charge is -2.08. The zero-order valence-electron chi connectivity index (χ0n) is 10.2. The Morgan fingerprint density at radius 1 is 1.26 bits per heavy atom. The van der Waals surface area contributed by atoms with Gasteiger partial charge in [-0.1, -0.05) is 12.1 Å². The van der Waals surface area contributed by atoms with Gasteiger partial charge in [-0.05, 0) is 24.3 Å². The van der Waals surface area contributed by atoms with Crippen molar-refractivity contribution < 1.29 is 13.9 Å². The second-order valence-corrected chi connectivity index (χ2v) is 3.78. The highest BCUT2D eigenvalue weighted by Crippen LogP contribution is 2.14. The molecule has 0 aliphatic heterocycles. The van der Waals surface area contributed by atoms with Crippen LogP contribution in [0, 0.1) is 5.82 Å². The number of hydrogen-bond donors (Lipinski definition) is 1. The van der Waals surface area contributed by atoms with E-state index >= 15 is 0 Å². The second kappa shape index (κ2) is 6.49. The molecule has 1 aromatic heterocycles. The molecule has 1 amide bonds. The summed E-state index contributed by atoms with van der Waals surface area (Å²) in [5.74, 6) is -0.468. The van der Waals surface area contributed by atoms with Crippen LogP contribution in [0.15, 0.2) is 48.8 Å². The minimum atomic E-state index is -0.416. The van der Waals surface area contributed by atoms with Gasteiger partial charge < -0.3 is 10.1 Å². The van der Waals surface area contributed by atoms with Crippen molar-refractivity contribution in [2.24, 2.45) is 0 Å². The number of para-hydroxylation sites is 1. The largest absolute Gasteiger partial charge is 0.489 e. The average molecular weight is 260 g/mol. The number of halogens is 1. The summed E-state index contributed by atoms with van der Waals surface area (Å²) in [4.78, 5) is 15.5. The molecule has 98 valence electrons. The van der Waals surface area contributed by atoms with E-state index in [-0.39, 0.29) is 18.3 Å². The highest BCUT2D eigenvalue weighted by Gasteiger charge is 2.05. The number of ether oxygens (including phenoxy) is 1. The second-order valence-electron chi connectivity index (χ2n) is 3.78. The van der Waals surface area contributed by atoms with Crippen LogP contribution in [0.5, 0.6) is 5.75 Å². The molecule has 5 heteroatoms. The third kappa shape index (κ3) is 3.77. The van der Waals surface area contributed by atoms with Gasteiger partial charge in [0.1, 0.15) is 6.61 Å². The van der Waals surface area contributed by atoms with Gasteiger partial charge in [-0.25, -0.2) is 4.39 Å². The van der Waals surface area contributed by atoms with Crippen molar-refractivity contribution in [3.63, 3.8) is 0 Å². The SMILES string of the molecule is O=C(NCCOc1ccccc1F)c1cccnc1. The van der Waals surface area contributed by atoms with E-state index in [4.69, 9.17) is 4.74 Å². The molecule has 4 nitrogen and oxygen atoms in total. The van der Waals surface area contributed by atoms with Gasteiger partial charge >= 0.3 is 0 Å². The molecule has 0 radical (unpaired) electrons. The minimum Gasteiger partial charge on any atom is -0.489 e. The topological polar surface area (TPSA) is 51.2 Å². The van der Waals surface area contributed by atoms with E-state index in [1.165, 1.54) is 18.3 Å². The number of nitrogens with one attached hydrogen (secondary N) is 1. The lowest BCUT2D eigenvalue weighted by molar-refractivity contribution is 0.0946. The summed E-state index contributed by atoms with van der Waals surface area (Å²) in [6.45, 7) is 0.495. The van der Waals surface area contributed by atoms with Crippen LogP contribution in [0.2, 0.25) is 0 Å². The van der Waals surface area contributed by atoms with Crippen LogP contribution in [-0.2, 0) is 0 Å². The van der Waals surface area contributed by atoms with Crippen LogP contribution in [0.3, 0.4) is 0 Å². The number of rotatable bonds is 5. The van der Waals surface area contributed by atoms with E-state index < -0.39 is 5.82 Å². The van der Waals surface area contributed by atoms with Gasteiger partial charge in [0.2, 0.25) is 0 Å². The minimum absolute atomic E-state index is 0.179. The van der Waals surface area contributed by atoms with Crippen molar-refractivity contribution >= 4 is 5.91 Å². The Hall–Kier alpha value is -2.43. The summed E-state index contributed by atoms with van der Waals surface area (Å²) in [6.07, 6.45) is 3.07. The fraction of sp³-hybridized carbons (Fsp3) is 0.143. The van der Waals surface area contributed by atoms with E-state index in [1.807, 2.05) is 0 Å². The van der Waals surface area contributed by atoms with Crippen molar-refractivity contribution in [3.8, 4) is 5.75 Å². The van der Waals surface area contributed by atoms with Crippen molar-refractivity contribution in [2.45, 2.75) is 0 Å². The molecule has 19 heavy (non-hydrogen) atoms. The normalized spacial score (nSPS) is 9.95. The van der Waals surface area contributed by atoms with Gasteiger partial charge in [0.25, 0.3) is 5.91 Å².